The van der Waals surface area contributed by atoms with E-state index in [4.69, 9.17) is 9.47 Å². The highest BCUT2D eigenvalue weighted by Crippen LogP contribution is 2.38. The van der Waals surface area contributed by atoms with E-state index in [1.807, 2.05) is 36.4 Å². The Morgan fingerprint density at radius 3 is 1.28 bits per heavy atom. The third-order valence-corrected chi connectivity index (χ3v) is 5.23. The normalized spacial score (nSPS) is 10.6. The Balaban J connectivity index is 1.89. The zero-order valence-electron chi connectivity index (χ0n) is 16.8. The maximum atomic E-state index is 5.76. The van der Waals surface area contributed by atoms with Gasteiger partial charge in [-0.25, -0.2) is 0 Å². The van der Waals surface area contributed by atoms with Crippen molar-refractivity contribution < 1.29 is 9.47 Å². The van der Waals surface area contributed by atoms with Crippen molar-refractivity contribution in [2.45, 2.75) is 6.42 Å². The van der Waals surface area contributed by atoms with Crippen LogP contribution in [0.25, 0.3) is 22.3 Å². The van der Waals surface area contributed by atoms with Crippen molar-refractivity contribution in [3.63, 3.8) is 0 Å². The molecular formula is C27H24O2. The minimum atomic E-state index is 0.711. The van der Waals surface area contributed by atoms with Gasteiger partial charge in [0.2, 0.25) is 0 Å². The van der Waals surface area contributed by atoms with Crippen LogP contribution in [0.1, 0.15) is 11.1 Å². The highest BCUT2D eigenvalue weighted by Gasteiger charge is 2.17. The lowest BCUT2D eigenvalue weighted by molar-refractivity contribution is 0.406. The number of hydrogen-bond acceptors (Lipinski definition) is 2. The van der Waals surface area contributed by atoms with Gasteiger partial charge in [-0.2, -0.15) is 0 Å². The van der Waals surface area contributed by atoms with Crippen molar-refractivity contribution in [3.05, 3.63) is 108 Å². The fourth-order valence-electron chi connectivity index (χ4n) is 3.83. The molecule has 2 nitrogen and oxygen atoms in total. The Morgan fingerprint density at radius 2 is 0.897 bits per heavy atom. The lowest BCUT2D eigenvalue weighted by atomic mass is 9.90. The SMILES string of the molecule is COc1cccc(-c2ccccc2)c1Cc1c(OC)cccc1-c1ccccc1. The van der Waals surface area contributed by atoms with Gasteiger partial charge < -0.3 is 9.47 Å². The van der Waals surface area contributed by atoms with Crippen molar-refractivity contribution in [2.75, 3.05) is 14.2 Å². The van der Waals surface area contributed by atoms with E-state index >= 15 is 0 Å². The Bertz CT molecular complexity index is 997. The number of benzene rings is 4. The summed E-state index contributed by atoms with van der Waals surface area (Å²) in [4.78, 5) is 0. The maximum absolute atomic E-state index is 5.76. The lowest BCUT2D eigenvalue weighted by Crippen LogP contribution is -2.01. The molecule has 144 valence electrons. The topological polar surface area (TPSA) is 18.5 Å². The van der Waals surface area contributed by atoms with Crippen molar-refractivity contribution in [1.82, 2.24) is 0 Å². The lowest BCUT2D eigenvalue weighted by Gasteiger charge is -2.19. The summed E-state index contributed by atoms with van der Waals surface area (Å²) in [6, 6.07) is 33.4. The predicted molar refractivity (Wildman–Crippen MR) is 120 cm³/mol. The van der Waals surface area contributed by atoms with Gasteiger partial charge in [0.15, 0.2) is 0 Å². The molecule has 4 aromatic carbocycles. The largest absolute Gasteiger partial charge is 0.496 e. The van der Waals surface area contributed by atoms with Gasteiger partial charge in [-0.15, -0.1) is 0 Å². The van der Waals surface area contributed by atoms with Gasteiger partial charge in [-0.3, -0.25) is 0 Å². The molecule has 0 unspecified atom stereocenters. The van der Waals surface area contributed by atoms with Crippen LogP contribution in [0, 0.1) is 0 Å². The second-order valence-corrected chi connectivity index (χ2v) is 6.88. The van der Waals surface area contributed by atoms with Crippen LogP contribution in [-0.2, 0) is 6.42 Å². The fourth-order valence-corrected chi connectivity index (χ4v) is 3.83. The van der Waals surface area contributed by atoms with E-state index in [0.717, 1.165) is 22.6 Å². The van der Waals surface area contributed by atoms with E-state index in [2.05, 4.69) is 60.7 Å². The average molecular weight is 380 g/mol. The van der Waals surface area contributed by atoms with Crippen molar-refractivity contribution in [1.29, 1.82) is 0 Å². The van der Waals surface area contributed by atoms with E-state index in [1.165, 1.54) is 22.3 Å². The number of ether oxygens (including phenoxy) is 2. The molecule has 0 fully saturated rings. The molecule has 29 heavy (non-hydrogen) atoms. The number of rotatable bonds is 6. The molecular weight excluding hydrogens is 356 g/mol. The van der Waals surface area contributed by atoms with Crippen LogP contribution in [0.4, 0.5) is 0 Å². The van der Waals surface area contributed by atoms with Crippen molar-refractivity contribution in [2.24, 2.45) is 0 Å². The first kappa shape index (κ1) is 18.8. The third kappa shape index (κ3) is 3.88. The van der Waals surface area contributed by atoms with Crippen LogP contribution in [0.5, 0.6) is 11.5 Å². The third-order valence-electron chi connectivity index (χ3n) is 5.23. The first-order valence-electron chi connectivity index (χ1n) is 9.74. The summed E-state index contributed by atoms with van der Waals surface area (Å²) in [6.45, 7) is 0. The standard InChI is InChI=1S/C27H24O2/c1-28-26-17-9-15-22(20-11-5-3-6-12-20)24(26)19-25-23(16-10-18-27(25)29-2)21-13-7-4-8-14-21/h3-18H,19H2,1-2H3. The van der Waals surface area contributed by atoms with E-state index < -0.39 is 0 Å². The van der Waals surface area contributed by atoms with Crippen LogP contribution in [0.15, 0.2) is 97.1 Å². The predicted octanol–water partition coefficient (Wildman–Crippen LogP) is 6.63. The molecule has 0 bridgehead atoms. The molecule has 0 amide bonds. The van der Waals surface area contributed by atoms with Crippen molar-refractivity contribution in [3.8, 4) is 33.8 Å². The van der Waals surface area contributed by atoms with Gasteiger partial charge >= 0.3 is 0 Å². The molecule has 0 heterocycles. The van der Waals surface area contributed by atoms with E-state index in [-0.39, 0.29) is 0 Å². The van der Waals surface area contributed by atoms with Crippen LogP contribution in [0.3, 0.4) is 0 Å². The zero-order chi connectivity index (χ0) is 20.1. The highest BCUT2D eigenvalue weighted by molar-refractivity contribution is 5.75. The average Bonchev–Trinajstić information content (AvgIpc) is 2.80. The molecule has 0 radical (unpaired) electrons. The minimum Gasteiger partial charge on any atom is -0.496 e. The van der Waals surface area contributed by atoms with Gasteiger partial charge in [0.1, 0.15) is 11.5 Å². The van der Waals surface area contributed by atoms with Crippen molar-refractivity contribution >= 4 is 0 Å². The molecule has 4 aromatic rings. The summed E-state index contributed by atoms with van der Waals surface area (Å²) in [5, 5.41) is 0. The van der Waals surface area contributed by atoms with Crippen LogP contribution in [-0.4, -0.2) is 14.2 Å². The summed E-state index contributed by atoms with van der Waals surface area (Å²) in [5.74, 6) is 1.77. The first-order valence-corrected chi connectivity index (χ1v) is 9.74. The Labute approximate surface area is 172 Å². The summed E-state index contributed by atoms with van der Waals surface area (Å²) < 4.78 is 11.5. The monoisotopic (exact) mass is 380 g/mol. The molecule has 4 rings (SSSR count). The second kappa shape index (κ2) is 8.66. The molecule has 0 aliphatic heterocycles. The molecule has 0 spiro atoms. The van der Waals surface area contributed by atoms with Crippen LogP contribution in [0.2, 0.25) is 0 Å². The quantitative estimate of drug-likeness (QED) is 0.374. The van der Waals surface area contributed by atoms with Gasteiger partial charge in [0.05, 0.1) is 14.2 Å². The van der Waals surface area contributed by atoms with Gasteiger partial charge in [-0.05, 0) is 34.4 Å². The molecule has 0 saturated carbocycles. The summed E-state index contributed by atoms with van der Waals surface area (Å²) in [7, 11) is 3.46. The smallest absolute Gasteiger partial charge is 0.123 e. The van der Waals surface area contributed by atoms with Gasteiger partial charge in [0.25, 0.3) is 0 Å². The maximum Gasteiger partial charge on any atom is 0.123 e. The highest BCUT2D eigenvalue weighted by atomic mass is 16.5. The molecule has 0 aromatic heterocycles. The molecule has 2 heteroatoms. The first-order chi connectivity index (χ1) is 14.3. The van der Waals surface area contributed by atoms with E-state index in [1.54, 1.807) is 14.2 Å². The summed E-state index contributed by atoms with van der Waals surface area (Å²) in [5.41, 5.74) is 7.02. The molecule has 0 aliphatic rings. The molecule has 0 saturated heterocycles. The van der Waals surface area contributed by atoms with Crippen LogP contribution < -0.4 is 9.47 Å². The zero-order valence-corrected chi connectivity index (χ0v) is 16.8. The molecule has 0 aliphatic carbocycles. The number of methoxy groups -OCH3 is 2. The van der Waals surface area contributed by atoms with Gasteiger partial charge in [-0.1, -0.05) is 84.9 Å². The summed E-state index contributed by atoms with van der Waals surface area (Å²) >= 11 is 0. The fraction of sp³-hybridized carbons (Fsp3) is 0.111. The molecule has 0 atom stereocenters. The Hall–Kier alpha value is -3.52. The second-order valence-electron chi connectivity index (χ2n) is 6.88. The number of hydrogen-bond donors (Lipinski definition) is 0. The van der Waals surface area contributed by atoms with E-state index in [9.17, 15) is 0 Å². The Kier molecular flexibility index (Phi) is 5.62. The van der Waals surface area contributed by atoms with E-state index in [0.29, 0.717) is 6.42 Å². The molecule has 0 N–H and O–H groups in total. The summed E-state index contributed by atoms with van der Waals surface area (Å²) in [6.07, 6.45) is 0.711. The Morgan fingerprint density at radius 1 is 0.483 bits per heavy atom. The van der Waals surface area contributed by atoms with Crippen LogP contribution >= 0.6 is 0 Å². The van der Waals surface area contributed by atoms with Gasteiger partial charge in [0, 0.05) is 17.5 Å². The minimum absolute atomic E-state index is 0.711.